The molecule has 3 heterocycles. The van der Waals surface area contributed by atoms with Gasteiger partial charge >= 0.3 is 5.97 Å². The molecule has 0 radical (unpaired) electrons. The van der Waals surface area contributed by atoms with Gasteiger partial charge in [-0.15, -0.1) is 0 Å². The molecule has 0 aliphatic carbocycles. The van der Waals surface area contributed by atoms with Crippen LogP contribution in [0.25, 0.3) is 0 Å². The van der Waals surface area contributed by atoms with E-state index in [0.29, 0.717) is 12.2 Å². The molecule has 0 aromatic carbocycles. The lowest BCUT2D eigenvalue weighted by molar-refractivity contribution is -0.138. The summed E-state index contributed by atoms with van der Waals surface area (Å²) in [5.41, 5.74) is 2.49. The number of unbranched alkanes of at least 4 members (excludes halogenated alkanes) is 4. The second-order valence-corrected chi connectivity index (χ2v) is 7.28. The monoisotopic (exact) mass is 383 g/mol. The largest absolute Gasteiger partial charge is 0.480 e. The third kappa shape index (κ3) is 6.18. The molecule has 0 fully saturated rings. The van der Waals surface area contributed by atoms with Crippen LogP contribution >= 0.6 is 0 Å². The fourth-order valence-corrected chi connectivity index (χ4v) is 3.50. The zero-order chi connectivity index (χ0) is 19.6. The molecular weight excluding hydrogens is 354 g/mol. The van der Waals surface area contributed by atoms with Crippen LogP contribution in [0.4, 0.5) is 11.6 Å². The third-order valence-corrected chi connectivity index (χ3v) is 5.08. The first-order chi connectivity index (χ1) is 13.7. The molecule has 150 valence electrons. The summed E-state index contributed by atoms with van der Waals surface area (Å²) in [6, 6.07) is 5.44. The molecule has 3 rings (SSSR count). The summed E-state index contributed by atoms with van der Waals surface area (Å²) >= 11 is 0. The Bertz CT molecular complexity index is 754. The summed E-state index contributed by atoms with van der Waals surface area (Å²) in [6.45, 7) is 1.02. The zero-order valence-electron chi connectivity index (χ0n) is 16.2. The summed E-state index contributed by atoms with van der Waals surface area (Å²) in [5.74, 6) is 0.778. The van der Waals surface area contributed by atoms with Gasteiger partial charge in [0.15, 0.2) is 0 Å². The molecule has 2 aromatic rings. The Labute approximate surface area is 166 Å². The van der Waals surface area contributed by atoms with Crippen LogP contribution < -0.4 is 10.6 Å². The molecule has 1 atom stereocenters. The van der Waals surface area contributed by atoms with Crippen LogP contribution in [-0.2, 0) is 17.6 Å². The highest BCUT2D eigenvalue weighted by molar-refractivity contribution is 5.76. The van der Waals surface area contributed by atoms with Crippen molar-refractivity contribution in [2.24, 2.45) is 0 Å². The number of carbonyl (C=O) groups is 1. The van der Waals surface area contributed by atoms with Crippen LogP contribution in [0.1, 0.15) is 56.2 Å². The number of rotatable bonds is 11. The minimum atomic E-state index is -0.842. The molecule has 0 saturated heterocycles. The van der Waals surface area contributed by atoms with E-state index in [1.54, 1.807) is 12.3 Å². The normalized spacial score (nSPS) is 14.0. The van der Waals surface area contributed by atoms with E-state index in [0.717, 1.165) is 63.0 Å². The maximum absolute atomic E-state index is 11.4. The van der Waals surface area contributed by atoms with Gasteiger partial charge in [-0.2, -0.15) is 0 Å². The van der Waals surface area contributed by atoms with E-state index in [1.165, 1.54) is 18.3 Å². The molecule has 28 heavy (non-hydrogen) atoms. The van der Waals surface area contributed by atoms with Crippen LogP contribution in [0.5, 0.6) is 0 Å². The number of aliphatic carboxylic acids is 1. The molecule has 1 aliphatic rings. The number of carboxylic acids is 1. The predicted molar refractivity (Wildman–Crippen MR) is 110 cm³/mol. The lowest BCUT2D eigenvalue weighted by atomic mass is 10.0. The van der Waals surface area contributed by atoms with E-state index < -0.39 is 12.0 Å². The molecule has 0 unspecified atom stereocenters. The lowest BCUT2D eigenvalue weighted by Gasteiger charge is -2.17. The molecule has 3 N–H and O–H groups in total. The number of pyridine rings is 1. The standard InChI is InChI=1S/C21H29N5O2/c27-21(28)18(26-19-12-14-22-15-24-19)9-5-3-1-2-4-8-17-11-10-16-7-6-13-23-20(16)25-17/h10-12,14-15,18H,1-9,13H2,(H,23,25)(H,27,28)(H,22,24,26)/t18-/m0/s1. The Morgan fingerprint density at radius 1 is 1.18 bits per heavy atom. The van der Waals surface area contributed by atoms with Crippen molar-refractivity contribution in [1.29, 1.82) is 0 Å². The Morgan fingerprint density at radius 3 is 2.86 bits per heavy atom. The highest BCUT2D eigenvalue weighted by Gasteiger charge is 2.17. The summed E-state index contributed by atoms with van der Waals surface area (Å²) in [6.07, 6.45) is 12.2. The SMILES string of the molecule is O=C(O)[C@H](CCCCCCCc1ccc2c(n1)NCCC2)Nc1ccncn1. The first-order valence-electron chi connectivity index (χ1n) is 10.2. The van der Waals surface area contributed by atoms with Gasteiger partial charge in [0, 0.05) is 18.4 Å². The van der Waals surface area contributed by atoms with Gasteiger partial charge in [0.2, 0.25) is 0 Å². The Balaban J connectivity index is 1.30. The van der Waals surface area contributed by atoms with Crippen molar-refractivity contribution in [3.05, 3.63) is 42.0 Å². The van der Waals surface area contributed by atoms with Crippen LogP contribution in [0.15, 0.2) is 30.7 Å². The number of anilines is 2. The van der Waals surface area contributed by atoms with Crippen molar-refractivity contribution in [2.45, 2.75) is 63.8 Å². The zero-order valence-corrected chi connectivity index (χ0v) is 16.2. The maximum atomic E-state index is 11.4. The molecule has 0 saturated carbocycles. The third-order valence-electron chi connectivity index (χ3n) is 5.08. The average Bonchev–Trinajstić information content (AvgIpc) is 2.72. The molecule has 7 heteroatoms. The minimum Gasteiger partial charge on any atom is -0.480 e. The van der Waals surface area contributed by atoms with Crippen molar-refractivity contribution >= 4 is 17.6 Å². The fraction of sp³-hybridized carbons (Fsp3) is 0.524. The number of nitrogens with one attached hydrogen (secondary N) is 2. The quantitative estimate of drug-likeness (QED) is 0.509. The second-order valence-electron chi connectivity index (χ2n) is 7.28. The van der Waals surface area contributed by atoms with Gasteiger partial charge in [-0.3, -0.25) is 0 Å². The molecule has 0 bridgehead atoms. The number of carboxylic acid groups (broad SMARTS) is 1. The maximum Gasteiger partial charge on any atom is 0.326 e. The van der Waals surface area contributed by atoms with Crippen molar-refractivity contribution in [2.75, 3.05) is 17.2 Å². The summed E-state index contributed by atoms with van der Waals surface area (Å²) in [4.78, 5) is 24.0. The number of hydrogen-bond acceptors (Lipinski definition) is 6. The fourth-order valence-electron chi connectivity index (χ4n) is 3.50. The molecule has 7 nitrogen and oxygen atoms in total. The van der Waals surface area contributed by atoms with E-state index in [1.807, 2.05) is 0 Å². The molecule has 0 amide bonds. The Hall–Kier alpha value is -2.70. The topological polar surface area (TPSA) is 100 Å². The van der Waals surface area contributed by atoms with Crippen LogP contribution in [0.2, 0.25) is 0 Å². The van der Waals surface area contributed by atoms with E-state index in [9.17, 15) is 9.90 Å². The number of aromatic nitrogens is 3. The van der Waals surface area contributed by atoms with Gasteiger partial charge in [-0.1, -0.05) is 31.7 Å². The second kappa shape index (κ2) is 10.6. The highest BCUT2D eigenvalue weighted by atomic mass is 16.4. The minimum absolute atomic E-state index is 0.550. The van der Waals surface area contributed by atoms with Gasteiger partial charge in [-0.05, 0) is 49.8 Å². The van der Waals surface area contributed by atoms with Crippen molar-refractivity contribution in [1.82, 2.24) is 15.0 Å². The van der Waals surface area contributed by atoms with E-state index in [-0.39, 0.29) is 0 Å². The smallest absolute Gasteiger partial charge is 0.326 e. The van der Waals surface area contributed by atoms with E-state index in [2.05, 4.69) is 32.7 Å². The summed E-state index contributed by atoms with van der Waals surface area (Å²) in [5, 5.41) is 15.7. The Morgan fingerprint density at radius 2 is 2.04 bits per heavy atom. The average molecular weight is 383 g/mol. The molecule has 0 spiro atoms. The number of aryl methyl sites for hydroxylation is 2. The lowest BCUT2D eigenvalue weighted by Crippen LogP contribution is -2.29. The number of fused-ring (bicyclic) bond motifs is 1. The van der Waals surface area contributed by atoms with Crippen molar-refractivity contribution < 1.29 is 9.90 Å². The van der Waals surface area contributed by atoms with Crippen LogP contribution in [0.3, 0.4) is 0 Å². The number of nitrogens with zero attached hydrogens (tertiary/aromatic N) is 3. The summed E-state index contributed by atoms with van der Waals surface area (Å²) in [7, 11) is 0. The van der Waals surface area contributed by atoms with E-state index in [4.69, 9.17) is 4.98 Å². The molecule has 1 aliphatic heterocycles. The van der Waals surface area contributed by atoms with Gasteiger partial charge in [0.1, 0.15) is 24.0 Å². The van der Waals surface area contributed by atoms with E-state index >= 15 is 0 Å². The van der Waals surface area contributed by atoms with Crippen molar-refractivity contribution in [3.8, 4) is 0 Å². The predicted octanol–water partition coefficient (Wildman–Crippen LogP) is 3.68. The van der Waals surface area contributed by atoms with Crippen LogP contribution in [-0.4, -0.2) is 38.6 Å². The van der Waals surface area contributed by atoms with Crippen LogP contribution in [0, 0.1) is 0 Å². The Kier molecular flexibility index (Phi) is 7.58. The number of hydrogen-bond donors (Lipinski definition) is 3. The first-order valence-corrected chi connectivity index (χ1v) is 10.2. The molecule has 2 aromatic heterocycles. The molecular formula is C21H29N5O2. The van der Waals surface area contributed by atoms with Crippen molar-refractivity contribution in [3.63, 3.8) is 0 Å². The van der Waals surface area contributed by atoms with Gasteiger partial charge in [0.05, 0.1) is 0 Å². The first kappa shape index (κ1) is 20.0. The highest BCUT2D eigenvalue weighted by Crippen LogP contribution is 2.20. The summed E-state index contributed by atoms with van der Waals surface area (Å²) < 4.78 is 0. The van der Waals surface area contributed by atoms with Gasteiger partial charge in [-0.25, -0.2) is 19.7 Å². The van der Waals surface area contributed by atoms with Gasteiger partial charge < -0.3 is 15.7 Å². The van der Waals surface area contributed by atoms with Gasteiger partial charge in [0.25, 0.3) is 0 Å².